The van der Waals surface area contributed by atoms with Gasteiger partial charge in [0.2, 0.25) is 0 Å². The zero-order valence-corrected chi connectivity index (χ0v) is 11.3. The van der Waals surface area contributed by atoms with Gasteiger partial charge in [-0.15, -0.1) is 0 Å². The van der Waals surface area contributed by atoms with Crippen molar-refractivity contribution in [2.45, 2.75) is 39.5 Å². The topological polar surface area (TPSA) is 21.3 Å². The molecule has 0 aromatic heterocycles. The number of para-hydroxylation sites is 1. The molecule has 1 atom stereocenters. The first kappa shape index (κ1) is 14.0. The first-order valence-corrected chi connectivity index (χ1v) is 6.72. The normalized spacial score (nSPS) is 12.4. The minimum atomic E-state index is 0.544. The molecule has 1 N–H and O–H groups in total. The SMILES string of the molecule is CCCOc1ccccc1C(C)CCNCC. The summed E-state index contributed by atoms with van der Waals surface area (Å²) >= 11 is 0. The van der Waals surface area contributed by atoms with Crippen LogP contribution in [0, 0.1) is 0 Å². The van der Waals surface area contributed by atoms with Gasteiger partial charge in [0.1, 0.15) is 5.75 Å². The molecule has 0 aliphatic carbocycles. The maximum atomic E-state index is 5.79. The summed E-state index contributed by atoms with van der Waals surface area (Å²) in [7, 11) is 0. The van der Waals surface area contributed by atoms with E-state index < -0.39 is 0 Å². The van der Waals surface area contributed by atoms with Crippen molar-refractivity contribution < 1.29 is 4.74 Å². The molecule has 1 rings (SSSR count). The second-order valence-electron chi connectivity index (χ2n) is 4.43. The number of rotatable bonds is 8. The third kappa shape index (κ3) is 4.78. The van der Waals surface area contributed by atoms with Gasteiger partial charge in [0.15, 0.2) is 0 Å². The minimum absolute atomic E-state index is 0.544. The van der Waals surface area contributed by atoms with E-state index in [1.54, 1.807) is 0 Å². The Bertz CT molecular complexity index is 312. The fourth-order valence-electron chi connectivity index (χ4n) is 1.88. The van der Waals surface area contributed by atoms with Crippen LogP contribution >= 0.6 is 0 Å². The van der Waals surface area contributed by atoms with Crippen LogP contribution in [0.15, 0.2) is 24.3 Å². The number of nitrogens with one attached hydrogen (secondary N) is 1. The summed E-state index contributed by atoms with van der Waals surface area (Å²) in [5.41, 5.74) is 1.33. The minimum Gasteiger partial charge on any atom is -0.493 e. The molecule has 0 spiro atoms. The Morgan fingerprint density at radius 3 is 2.71 bits per heavy atom. The third-order valence-electron chi connectivity index (χ3n) is 2.92. The average molecular weight is 235 g/mol. The maximum absolute atomic E-state index is 5.79. The van der Waals surface area contributed by atoms with Crippen LogP contribution in [0.3, 0.4) is 0 Å². The molecule has 1 aromatic rings. The zero-order valence-electron chi connectivity index (χ0n) is 11.3. The molecular formula is C15H25NO. The molecular weight excluding hydrogens is 210 g/mol. The van der Waals surface area contributed by atoms with Crippen LogP contribution in [0.4, 0.5) is 0 Å². The Hall–Kier alpha value is -1.02. The molecule has 0 bridgehead atoms. The summed E-state index contributed by atoms with van der Waals surface area (Å²) in [6.07, 6.45) is 2.21. The van der Waals surface area contributed by atoms with Gasteiger partial charge in [-0.2, -0.15) is 0 Å². The lowest BCUT2D eigenvalue weighted by atomic mass is 9.97. The van der Waals surface area contributed by atoms with E-state index >= 15 is 0 Å². The van der Waals surface area contributed by atoms with Crippen molar-refractivity contribution in [3.8, 4) is 5.75 Å². The Morgan fingerprint density at radius 1 is 1.24 bits per heavy atom. The summed E-state index contributed by atoms with van der Waals surface area (Å²) in [6, 6.07) is 8.40. The van der Waals surface area contributed by atoms with Crippen LogP contribution < -0.4 is 10.1 Å². The molecule has 0 aliphatic rings. The maximum Gasteiger partial charge on any atom is 0.122 e. The van der Waals surface area contributed by atoms with E-state index in [4.69, 9.17) is 4.74 Å². The van der Waals surface area contributed by atoms with Crippen molar-refractivity contribution >= 4 is 0 Å². The molecule has 0 saturated carbocycles. The summed E-state index contributed by atoms with van der Waals surface area (Å²) < 4.78 is 5.79. The van der Waals surface area contributed by atoms with Crippen molar-refractivity contribution in [3.63, 3.8) is 0 Å². The molecule has 2 heteroatoms. The molecule has 0 saturated heterocycles. The number of ether oxygens (including phenoxy) is 1. The first-order valence-electron chi connectivity index (χ1n) is 6.72. The van der Waals surface area contributed by atoms with Gasteiger partial charge < -0.3 is 10.1 Å². The van der Waals surface area contributed by atoms with Gasteiger partial charge in [0, 0.05) is 0 Å². The van der Waals surface area contributed by atoms with Gasteiger partial charge >= 0.3 is 0 Å². The lowest BCUT2D eigenvalue weighted by Gasteiger charge is -2.16. The molecule has 1 unspecified atom stereocenters. The average Bonchev–Trinajstić information content (AvgIpc) is 2.37. The molecule has 0 fully saturated rings. The summed E-state index contributed by atoms with van der Waals surface area (Å²) in [4.78, 5) is 0. The van der Waals surface area contributed by atoms with E-state index in [-0.39, 0.29) is 0 Å². The molecule has 17 heavy (non-hydrogen) atoms. The highest BCUT2D eigenvalue weighted by atomic mass is 16.5. The van der Waals surface area contributed by atoms with Crippen molar-refractivity contribution in [2.24, 2.45) is 0 Å². The smallest absolute Gasteiger partial charge is 0.122 e. The van der Waals surface area contributed by atoms with Crippen molar-refractivity contribution in [1.29, 1.82) is 0 Å². The first-order chi connectivity index (χ1) is 8.29. The van der Waals surface area contributed by atoms with Crippen molar-refractivity contribution in [3.05, 3.63) is 29.8 Å². The number of hydrogen-bond acceptors (Lipinski definition) is 2. The predicted molar refractivity (Wildman–Crippen MR) is 73.8 cm³/mol. The van der Waals surface area contributed by atoms with E-state index in [2.05, 4.69) is 44.3 Å². The van der Waals surface area contributed by atoms with E-state index in [9.17, 15) is 0 Å². The monoisotopic (exact) mass is 235 g/mol. The van der Waals surface area contributed by atoms with E-state index in [1.807, 2.05) is 6.07 Å². The Morgan fingerprint density at radius 2 is 2.00 bits per heavy atom. The van der Waals surface area contributed by atoms with Crippen LogP contribution in [-0.2, 0) is 0 Å². The van der Waals surface area contributed by atoms with E-state index in [0.717, 1.165) is 38.3 Å². The highest BCUT2D eigenvalue weighted by molar-refractivity contribution is 5.35. The molecule has 1 aromatic carbocycles. The zero-order chi connectivity index (χ0) is 12.5. The predicted octanol–water partition coefficient (Wildman–Crippen LogP) is 3.58. The van der Waals surface area contributed by atoms with Gasteiger partial charge in [-0.3, -0.25) is 0 Å². The largest absolute Gasteiger partial charge is 0.493 e. The summed E-state index contributed by atoms with van der Waals surface area (Å²) in [5.74, 6) is 1.60. The lowest BCUT2D eigenvalue weighted by Crippen LogP contribution is -2.16. The van der Waals surface area contributed by atoms with Crippen LogP contribution in [0.5, 0.6) is 5.75 Å². The van der Waals surface area contributed by atoms with Gasteiger partial charge in [0.25, 0.3) is 0 Å². The van der Waals surface area contributed by atoms with Crippen molar-refractivity contribution in [2.75, 3.05) is 19.7 Å². The van der Waals surface area contributed by atoms with Crippen molar-refractivity contribution in [1.82, 2.24) is 5.32 Å². The van der Waals surface area contributed by atoms with Crippen LogP contribution in [-0.4, -0.2) is 19.7 Å². The summed E-state index contributed by atoms with van der Waals surface area (Å²) in [6.45, 7) is 9.46. The fraction of sp³-hybridized carbons (Fsp3) is 0.600. The van der Waals surface area contributed by atoms with Crippen LogP contribution in [0.2, 0.25) is 0 Å². The van der Waals surface area contributed by atoms with E-state index in [1.165, 1.54) is 5.56 Å². The quantitative estimate of drug-likeness (QED) is 0.695. The standard InChI is InChI=1S/C15H25NO/c1-4-12-17-15-9-7-6-8-14(15)13(3)10-11-16-5-2/h6-9,13,16H,4-5,10-12H2,1-3H3. The van der Waals surface area contributed by atoms with Gasteiger partial charge in [-0.1, -0.05) is 39.0 Å². The van der Waals surface area contributed by atoms with Gasteiger partial charge in [-0.05, 0) is 43.5 Å². The number of benzene rings is 1. The molecule has 0 radical (unpaired) electrons. The van der Waals surface area contributed by atoms with E-state index in [0.29, 0.717) is 5.92 Å². The van der Waals surface area contributed by atoms with Gasteiger partial charge in [0.05, 0.1) is 6.61 Å². The second-order valence-corrected chi connectivity index (χ2v) is 4.43. The Balaban J connectivity index is 2.60. The molecule has 0 heterocycles. The van der Waals surface area contributed by atoms with Crippen LogP contribution in [0.1, 0.15) is 45.1 Å². The molecule has 0 amide bonds. The highest BCUT2D eigenvalue weighted by Crippen LogP contribution is 2.28. The number of hydrogen-bond donors (Lipinski definition) is 1. The van der Waals surface area contributed by atoms with Crippen LogP contribution in [0.25, 0.3) is 0 Å². The Kier molecular flexibility index (Phi) is 6.71. The lowest BCUT2D eigenvalue weighted by molar-refractivity contribution is 0.312. The second kappa shape index (κ2) is 8.13. The molecule has 0 aliphatic heterocycles. The molecule has 2 nitrogen and oxygen atoms in total. The Labute approximate surface area is 105 Å². The summed E-state index contributed by atoms with van der Waals surface area (Å²) in [5, 5.41) is 3.37. The highest BCUT2D eigenvalue weighted by Gasteiger charge is 2.10. The fourth-order valence-corrected chi connectivity index (χ4v) is 1.88. The van der Waals surface area contributed by atoms with Gasteiger partial charge in [-0.25, -0.2) is 0 Å². The third-order valence-corrected chi connectivity index (χ3v) is 2.92. The molecule has 96 valence electrons.